The van der Waals surface area contributed by atoms with Crippen LogP contribution in [-0.4, -0.2) is 24.7 Å². The van der Waals surface area contributed by atoms with Crippen molar-refractivity contribution in [2.24, 2.45) is 5.41 Å². The summed E-state index contributed by atoms with van der Waals surface area (Å²) in [7, 11) is 1.95. The smallest absolute Gasteiger partial charge is 0.311 e. The van der Waals surface area contributed by atoms with Crippen LogP contribution in [0, 0.1) is 19.3 Å². The van der Waals surface area contributed by atoms with Crippen molar-refractivity contribution in [3.63, 3.8) is 0 Å². The minimum atomic E-state index is -0.735. The first-order valence-corrected chi connectivity index (χ1v) is 6.31. The van der Waals surface area contributed by atoms with Crippen LogP contribution in [0.25, 0.3) is 0 Å². The van der Waals surface area contributed by atoms with E-state index in [1.165, 1.54) is 11.1 Å². The lowest BCUT2D eigenvalue weighted by molar-refractivity contribution is -0.147. The maximum atomic E-state index is 11.3. The summed E-state index contributed by atoms with van der Waals surface area (Å²) < 4.78 is 0. The van der Waals surface area contributed by atoms with Gasteiger partial charge in [-0.05, 0) is 50.5 Å². The number of carbonyl (C=O) groups is 1. The predicted molar refractivity (Wildman–Crippen MR) is 75.2 cm³/mol. The molecule has 18 heavy (non-hydrogen) atoms. The van der Waals surface area contributed by atoms with Gasteiger partial charge in [0.25, 0.3) is 0 Å². The summed E-state index contributed by atoms with van der Waals surface area (Å²) in [5.74, 6) is -0.735. The molecule has 0 saturated carbocycles. The number of hydrogen-bond donors (Lipinski definition) is 1. The van der Waals surface area contributed by atoms with Gasteiger partial charge in [0.05, 0.1) is 5.41 Å². The first kappa shape index (κ1) is 14.6. The zero-order valence-corrected chi connectivity index (χ0v) is 11.9. The van der Waals surface area contributed by atoms with E-state index < -0.39 is 11.4 Å². The third-order valence-electron chi connectivity index (χ3n) is 3.53. The molecule has 0 saturated heterocycles. The lowest BCUT2D eigenvalue weighted by atomic mass is 9.87. The number of carboxylic acid groups (broad SMARTS) is 1. The molecule has 0 spiro atoms. The fraction of sp³-hybridized carbons (Fsp3) is 0.533. The molecule has 0 amide bonds. The maximum Gasteiger partial charge on any atom is 0.311 e. The predicted octanol–water partition coefficient (Wildman–Crippen LogP) is 3.24. The number of benzene rings is 1. The van der Waals surface area contributed by atoms with Crippen molar-refractivity contribution in [2.45, 2.75) is 34.1 Å². The lowest BCUT2D eigenvalue weighted by Crippen LogP contribution is -2.39. The number of aliphatic carboxylic acids is 1. The molecular formula is C15H23NO2. The molecule has 1 atom stereocenters. The van der Waals surface area contributed by atoms with Gasteiger partial charge in [-0.15, -0.1) is 0 Å². The van der Waals surface area contributed by atoms with Gasteiger partial charge in [0.1, 0.15) is 0 Å². The van der Waals surface area contributed by atoms with E-state index in [1.807, 2.05) is 18.9 Å². The lowest BCUT2D eigenvalue weighted by Gasteiger charge is -2.30. The van der Waals surface area contributed by atoms with E-state index in [9.17, 15) is 9.90 Å². The molecule has 1 unspecified atom stereocenters. The van der Waals surface area contributed by atoms with Crippen LogP contribution in [0.2, 0.25) is 0 Å². The molecule has 0 aliphatic rings. The first-order valence-electron chi connectivity index (χ1n) is 6.31. The topological polar surface area (TPSA) is 40.5 Å². The SMILES string of the molecule is CCC(C)(CN(C)c1cc(C)cc(C)c1)C(=O)O. The average Bonchev–Trinajstić information content (AvgIpc) is 2.27. The molecule has 0 radical (unpaired) electrons. The van der Waals surface area contributed by atoms with Crippen molar-refractivity contribution in [3.8, 4) is 0 Å². The van der Waals surface area contributed by atoms with Crippen LogP contribution in [0.5, 0.6) is 0 Å². The number of rotatable bonds is 5. The molecule has 100 valence electrons. The summed E-state index contributed by atoms with van der Waals surface area (Å²) >= 11 is 0. The van der Waals surface area contributed by atoms with Gasteiger partial charge >= 0.3 is 5.97 Å². The molecule has 0 heterocycles. The minimum absolute atomic E-state index is 0.516. The van der Waals surface area contributed by atoms with E-state index in [4.69, 9.17) is 0 Å². The van der Waals surface area contributed by atoms with Gasteiger partial charge in [-0.2, -0.15) is 0 Å². The molecule has 1 aromatic rings. The second-order valence-electron chi connectivity index (χ2n) is 5.42. The first-order chi connectivity index (χ1) is 8.28. The highest BCUT2D eigenvalue weighted by Gasteiger charge is 2.32. The summed E-state index contributed by atoms with van der Waals surface area (Å²) in [6.45, 7) is 8.35. The Hall–Kier alpha value is -1.51. The van der Waals surface area contributed by atoms with Crippen LogP contribution >= 0.6 is 0 Å². The quantitative estimate of drug-likeness (QED) is 0.871. The zero-order valence-electron chi connectivity index (χ0n) is 11.9. The fourth-order valence-electron chi connectivity index (χ4n) is 2.12. The van der Waals surface area contributed by atoms with E-state index >= 15 is 0 Å². The molecule has 0 aliphatic heterocycles. The normalized spacial score (nSPS) is 14.1. The molecule has 0 bridgehead atoms. The van der Waals surface area contributed by atoms with Crippen LogP contribution in [0.1, 0.15) is 31.4 Å². The van der Waals surface area contributed by atoms with Crippen LogP contribution in [0.3, 0.4) is 0 Å². The number of aryl methyl sites for hydroxylation is 2. The summed E-state index contributed by atoms with van der Waals surface area (Å²) in [4.78, 5) is 13.4. The Balaban J connectivity index is 2.94. The number of hydrogen-bond acceptors (Lipinski definition) is 2. The monoisotopic (exact) mass is 249 g/mol. The van der Waals surface area contributed by atoms with Crippen LogP contribution in [-0.2, 0) is 4.79 Å². The molecule has 0 aromatic heterocycles. The highest BCUT2D eigenvalue weighted by molar-refractivity contribution is 5.75. The van der Waals surface area contributed by atoms with Crippen molar-refractivity contribution in [1.29, 1.82) is 0 Å². The Morgan fingerprint density at radius 2 is 1.78 bits per heavy atom. The second kappa shape index (κ2) is 5.42. The average molecular weight is 249 g/mol. The molecule has 1 aromatic carbocycles. The van der Waals surface area contributed by atoms with Crippen molar-refractivity contribution < 1.29 is 9.90 Å². The van der Waals surface area contributed by atoms with E-state index in [0.29, 0.717) is 13.0 Å². The third kappa shape index (κ3) is 3.25. The van der Waals surface area contributed by atoms with Gasteiger partial charge in [0.15, 0.2) is 0 Å². The van der Waals surface area contributed by atoms with Gasteiger partial charge in [0, 0.05) is 19.3 Å². The fourth-order valence-corrected chi connectivity index (χ4v) is 2.12. The van der Waals surface area contributed by atoms with Gasteiger partial charge < -0.3 is 10.0 Å². The molecule has 1 rings (SSSR count). The third-order valence-corrected chi connectivity index (χ3v) is 3.53. The van der Waals surface area contributed by atoms with Gasteiger partial charge in [0.2, 0.25) is 0 Å². The van der Waals surface area contributed by atoms with Crippen molar-refractivity contribution in [2.75, 3.05) is 18.5 Å². The molecule has 0 fully saturated rings. The standard InChI is InChI=1S/C15H23NO2/c1-6-15(4,14(17)18)10-16(5)13-8-11(2)7-12(3)9-13/h7-9H,6,10H2,1-5H3,(H,17,18). The van der Waals surface area contributed by atoms with Gasteiger partial charge in [-0.1, -0.05) is 13.0 Å². The summed E-state index contributed by atoms with van der Waals surface area (Å²) in [5, 5.41) is 9.31. The zero-order chi connectivity index (χ0) is 13.9. The minimum Gasteiger partial charge on any atom is -0.481 e. The molecular weight excluding hydrogens is 226 g/mol. The highest BCUT2D eigenvalue weighted by atomic mass is 16.4. The Bertz CT molecular complexity index is 422. The van der Waals surface area contributed by atoms with Crippen molar-refractivity contribution in [1.82, 2.24) is 0 Å². The molecule has 0 aliphatic carbocycles. The van der Waals surface area contributed by atoms with Gasteiger partial charge in [-0.25, -0.2) is 0 Å². The molecule has 1 N–H and O–H groups in total. The summed E-state index contributed by atoms with van der Waals surface area (Å²) in [6.07, 6.45) is 0.622. The van der Waals surface area contributed by atoms with E-state index in [0.717, 1.165) is 5.69 Å². The van der Waals surface area contributed by atoms with Crippen LogP contribution in [0.4, 0.5) is 5.69 Å². The van der Waals surface area contributed by atoms with E-state index in [1.54, 1.807) is 6.92 Å². The molecule has 3 heteroatoms. The highest BCUT2D eigenvalue weighted by Crippen LogP contribution is 2.26. The summed E-state index contributed by atoms with van der Waals surface area (Å²) in [6, 6.07) is 6.30. The van der Waals surface area contributed by atoms with Crippen molar-refractivity contribution >= 4 is 11.7 Å². The Morgan fingerprint density at radius 1 is 1.28 bits per heavy atom. The van der Waals surface area contributed by atoms with Crippen molar-refractivity contribution in [3.05, 3.63) is 29.3 Å². The number of anilines is 1. The second-order valence-corrected chi connectivity index (χ2v) is 5.42. The van der Waals surface area contributed by atoms with Crippen LogP contribution in [0.15, 0.2) is 18.2 Å². The number of carboxylic acids is 1. The van der Waals surface area contributed by atoms with Crippen LogP contribution < -0.4 is 4.90 Å². The van der Waals surface area contributed by atoms with Gasteiger partial charge in [-0.3, -0.25) is 4.79 Å². The number of nitrogens with zero attached hydrogens (tertiary/aromatic N) is 1. The largest absolute Gasteiger partial charge is 0.481 e. The Labute approximate surface area is 109 Å². The maximum absolute atomic E-state index is 11.3. The van der Waals surface area contributed by atoms with E-state index in [2.05, 4.69) is 32.0 Å². The Morgan fingerprint density at radius 3 is 2.17 bits per heavy atom. The molecule has 3 nitrogen and oxygen atoms in total. The van der Waals surface area contributed by atoms with E-state index in [-0.39, 0.29) is 0 Å². The summed E-state index contributed by atoms with van der Waals surface area (Å²) in [5.41, 5.74) is 2.77. The Kier molecular flexibility index (Phi) is 4.38.